The fourth-order valence-corrected chi connectivity index (χ4v) is 4.32. The van der Waals surface area contributed by atoms with Crippen LogP contribution in [0.4, 0.5) is 5.69 Å². The van der Waals surface area contributed by atoms with Gasteiger partial charge in [-0.05, 0) is 56.3 Å². The van der Waals surface area contributed by atoms with Crippen LogP contribution in [-0.2, 0) is 9.84 Å². The summed E-state index contributed by atoms with van der Waals surface area (Å²) in [6.07, 6.45) is 0.0989. The van der Waals surface area contributed by atoms with Gasteiger partial charge in [-0.3, -0.25) is 4.79 Å². The first-order chi connectivity index (χ1) is 13.8. The van der Waals surface area contributed by atoms with Crippen LogP contribution in [0.2, 0.25) is 0 Å². The van der Waals surface area contributed by atoms with E-state index < -0.39 is 15.7 Å². The predicted molar refractivity (Wildman–Crippen MR) is 115 cm³/mol. The molecule has 152 valence electrons. The standard InChI is InChI=1S/C21H22N2O4S2/c1-4-29(25,26)18-7-5-6-16(12-18)22-20(24)19-13-28-21(23-19)15-8-10-17(11-9-15)27-14(2)3/h5-14H,4H2,1-3H3,(H,22,24). The first kappa shape index (κ1) is 21.0. The summed E-state index contributed by atoms with van der Waals surface area (Å²) in [6, 6.07) is 13.8. The molecule has 29 heavy (non-hydrogen) atoms. The fourth-order valence-electron chi connectivity index (χ4n) is 2.59. The first-order valence-corrected chi connectivity index (χ1v) is 11.7. The molecular formula is C21H22N2O4S2. The maximum atomic E-state index is 12.5. The van der Waals surface area contributed by atoms with E-state index in [1.807, 2.05) is 38.1 Å². The van der Waals surface area contributed by atoms with E-state index in [2.05, 4.69) is 10.3 Å². The lowest BCUT2D eigenvalue weighted by Gasteiger charge is -2.09. The second-order valence-electron chi connectivity index (χ2n) is 6.61. The van der Waals surface area contributed by atoms with E-state index in [1.54, 1.807) is 24.4 Å². The molecule has 8 heteroatoms. The molecule has 0 saturated heterocycles. The van der Waals surface area contributed by atoms with Crippen molar-refractivity contribution in [3.63, 3.8) is 0 Å². The van der Waals surface area contributed by atoms with Crippen molar-refractivity contribution < 1.29 is 17.9 Å². The van der Waals surface area contributed by atoms with E-state index in [0.717, 1.165) is 11.3 Å². The third kappa shape index (κ3) is 5.21. The molecule has 0 bridgehead atoms. The Balaban J connectivity index is 1.74. The maximum Gasteiger partial charge on any atom is 0.275 e. The van der Waals surface area contributed by atoms with Crippen LogP contribution >= 0.6 is 11.3 Å². The van der Waals surface area contributed by atoms with Gasteiger partial charge in [-0.25, -0.2) is 13.4 Å². The molecule has 0 spiro atoms. The summed E-state index contributed by atoms with van der Waals surface area (Å²) >= 11 is 1.36. The number of nitrogens with zero attached hydrogens (tertiary/aromatic N) is 1. The van der Waals surface area contributed by atoms with Gasteiger partial charge < -0.3 is 10.1 Å². The molecular weight excluding hydrogens is 408 g/mol. The quantitative estimate of drug-likeness (QED) is 0.590. The normalized spacial score (nSPS) is 11.4. The average Bonchev–Trinajstić information content (AvgIpc) is 3.19. The molecule has 0 aliphatic heterocycles. The summed E-state index contributed by atoms with van der Waals surface area (Å²) in [5, 5.41) is 5.10. The fraction of sp³-hybridized carbons (Fsp3) is 0.238. The maximum absolute atomic E-state index is 12.5. The summed E-state index contributed by atoms with van der Waals surface area (Å²) in [6.45, 7) is 5.51. The Morgan fingerprint density at radius 2 is 1.90 bits per heavy atom. The van der Waals surface area contributed by atoms with Gasteiger partial charge in [0.05, 0.1) is 16.8 Å². The van der Waals surface area contributed by atoms with E-state index in [0.29, 0.717) is 10.7 Å². The highest BCUT2D eigenvalue weighted by atomic mass is 32.2. The number of hydrogen-bond acceptors (Lipinski definition) is 6. The van der Waals surface area contributed by atoms with Gasteiger partial charge >= 0.3 is 0 Å². The lowest BCUT2D eigenvalue weighted by Crippen LogP contribution is -2.13. The molecule has 0 unspecified atom stereocenters. The van der Waals surface area contributed by atoms with Crippen molar-refractivity contribution in [2.24, 2.45) is 0 Å². The van der Waals surface area contributed by atoms with E-state index in [-0.39, 0.29) is 22.4 Å². The number of nitrogens with one attached hydrogen (secondary N) is 1. The van der Waals surface area contributed by atoms with E-state index in [1.165, 1.54) is 23.5 Å². The molecule has 6 nitrogen and oxygen atoms in total. The molecule has 1 N–H and O–H groups in total. The zero-order chi connectivity index (χ0) is 21.0. The van der Waals surface area contributed by atoms with E-state index in [4.69, 9.17) is 4.74 Å². The molecule has 0 aliphatic rings. The minimum atomic E-state index is -3.34. The Labute approximate surface area is 174 Å². The number of benzene rings is 2. The molecule has 3 rings (SSSR count). The Morgan fingerprint density at radius 1 is 1.17 bits per heavy atom. The molecule has 1 aromatic heterocycles. The third-order valence-electron chi connectivity index (χ3n) is 4.04. The number of carbonyl (C=O) groups excluding carboxylic acids is 1. The number of thiazole rings is 1. The predicted octanol–water partition coefficient (Wildman–Crippen LogP) is 4.64. The summed E-state index contributed by atoms with van der Waals surface area (Å²) < 4.78 is 29.7. The van der Waals surface area contributed by atoms with Crippen molar-refractivity contribution in [2.45, 2.75) is 31.8 Å². The molecule has 3 aromatic rings. The molecule has 1 heterocycles. The van der Waals surface area contributed by atoms with Gasteiger partial charge in [0.1, 0.15) is 16.5 Å². The monoisotopic (exact) mass is 430 g/mol. The van der Waals surface area contributed by atoms with Crippen molar-refractivity contribution in [3.05, 3.63) is 59.6 Å². The van der Waals surface area contributed by atoms with Gasteiger partial charge in [0.25, 0.3) is 5.91 Å². The molecule has 0 saturated carbocycles. The zero-order valence-corrected chi connectivity index (χ0v) is 18.0. The van der Waals surface area contributed by atoms with Crippen LogP contribution in [0.3, 0.4) is 0 Å². The number of carbonyl (C=O) groups is 1. The van der Waals surface area contributed by atoms with Crippen LogP contribution in [0.5, 0.6) is 5.75 Å². The van der Waals surface area contributed by atoms with Crippen LogP contribution in [0.25, 0.3) is 10.6 Å². The van der Waals surface area contributed by atoms with Crippen LogP contribution in [0.15, 0.2) is 58.8 Å². The van der Waals surface area contributed by atoms with Crippen molar-refractivity contribution in [2.75, 3.05) is 11.1 Å². The Bertz CT molecular complexity index is 1100. The van der Waals surface area contributed by atoms with Gasteiger partial charge in [-0.2, -0.15) is 0 Å². The van der Waals surface area contributed by atoms with Gasteiger partial charge in [0, 0.05) is 16.6 Å². The zero-order valence-electron chi connectivity index (χ0n) is 16.4. The van der Waals surface area contributed by atoms with Crippen molar-refractivity contribution >= 4 is 32.8 Å². The Kier molecular flexibility index (Phi) is 6.34. The number of amides is 1. The summed E-state index contributed by atoms with van der Waals surface area (Å²) in [5.41, 5.74) is 1.58. The second-order valence-corrected chi connectivity index (χ2v) is 9.75. The number of aromatic nitrogens is 1. The average molecular weight is 431 g/mol. The van der Waals surface area contributed by atoms with Crippen LogP contribution in [-0.4, -0.2) is 31.2 Å². The molecule has 0 fully saturated rings. The molecule has 0 aliphatic carbocycles. The number of ether oxygens (including phenoxy) is 1. The smallest absolute Gasteiger partial charge is 0.275 e. The van der Waals surface area contributed by atoms with Gasteiger partial charge in [0.15, 0.2) is 9.84 Å². The van der Waals surface area contributed by atoms with Crippen molar-refractivity contribution in [1.29, 1.82) is 0 Å². The van der Waals surface area contributed by atoms with Crippen molar-refractivity contribution in [1.82, 2.24) is 4.98 Å². The molecule has 1 amide bonds. The molecule has 2 aromatic carbocycles. The number of rotatable bonds is 7. The highest BCUT2D eigenvalue weighted by Crippen LogP contribution is 2.26. The summed E-state index contributed by atoms with van der Waals surface area (Å²) in [5.74, 6) is 0.388. The summed E-state index contributed by atoms with van der Waals surface area (Å²) in [4.78, 5) is 17.1. The van der Waals surface area contributed by atoms with Crippen molar-refractivity contribution in [3.8, 4) is 16.3 Å². The van der Waals surface area contributed by atoms with Crippen LogP contribution in [0.1, 0.15) is 31.3 Å². The van der Waals surface area contributed by atoms with Gasteiger partial charge in [-0.15, -0.1) is 11.3 Å². The lowest BCUT2D eigenvalue weighted by molar-refractivity contribution is 0.102. The summed E-state index contributed by atoms with van der Waals surface area (Å²) in [7, 11) is -3.34. The van der Waals surface area contributed by atoms with Crippen LogP contribution < -0.4 is 10.1 Å². The lowest BCUT2D eigenvalue weighted by atomic mass is 10.2. The third-order valence-corrected chi connectivity index (χ3v) is 6.66. The number of hydrogen-bond donors (Lipinski definition) is 1. The number of sulfone groups is 1. The minimum absolute atomic E-state index is 0.000837. The molecule has 0 radical (unpaired) electrons. The van der Waals surface area contributed by atoms with Gasteiger partial charge in [-0.1, -0.05) is 13.0 Å². The highest BCUT2D eigenvalue weighted by molar-refractivity contribution is 7.91. The highest BCUT2D eigenvalue weighted by Gasteiger charge is 2.15. The van der Waals surface area contributed by atoms with E-state index in [9.17, 15) is 13.2 Å². The number of anilines is 1. The van der Waals surface area contributed by atoms with Gasteiger partial charge in [0.2, 0.25) is 0 Å². The Morgan fingerprint density at radius 3 is 2.55 bits per heavy atom. The first-order valence-electron chi connectivity index (χ1n) is 9.15. The minimum Gasteiger partial charge on any atom is -0.491 e. The van der Waals surface area contributed by atoms with Crippen LogP contribution in [0, 0.1) is 0 Å². The van der Waals surface area contributed by atoms with E-state index >= 15 is 0 Å². The SMILES string of the molecule is CCS(=O)(=O)c1cccc(NC(=O)c2csc(-c3ccc(OC(C)C)cc3)n2)c1. The topological polar surface area (TPSA) is 85.4 Å². The second kappa shape index (κ2) is 8.75. The largest absolute Gasteiger partial charge is 0.491 e. The molecule has 0 atom stereocenters. The Hall–Kier alpha value is -2.71.